The zero-order valence-electron chi connectivity index (χ0n) is 15.2. The molecule has 1 fully saturated rings. The Balaban J connectivity index is 1.75. The van der Waals surface area contributed by atoms with Crippen LogP contribution in [0.4, 0.5) is 4.39 Å². The molecule has 2 heterocycles. The van der Waals surface area contributed by atoms with Gasteiger partial charge < -0.3 is 4.90 Å². The summed E-state index contributed by atoms with van der Waals surface area (Å²) in [4.78, 5) is 31.1. The smallest absolute Gasteiger partial charge is 0.256 e. The van der Waals surface area contributed by atoms with Crippen LogP contribution in [0.5, 0.6) is 0 Å². The van der Waals surface area contributed by atoms with Gasteiger partial charge in [0.2, 0.25) is 5.91 Å². The number of rotatable bonds is 3. The van der Waals surface area contributed by atoms with Gasteiger partial charge in [0.05, 0.1) is 6.33 Å². The highest BCUT2D eigenvalue weighted by atomic mass is 19.1. The molecular formula is C20H24FN3O2. The maximum atomic E-state index is 13.2. The lowest BCUT2D eigenvalue weighted by Gasteiger charge is -2.25. The Morgan fingerprint density at radius 1 is 1.23 bits per heavy atom. The first kappa shape index (κ1) is 18.3. The number of likely N-dealkylation sites (tertiary alicyclic amines) is 1. The van der Waals surface area contributed by atoms with E-state index in [1.165, 1.54) is 23.0 Å². The van der Waals surface area contributed by atoms with Gasteiger partial charge in [0, 0.05) is 30.3 Å². The van der Waals surface area contributed by atoms with Gasteiger partial charge in [0.15, 0.2) is 0 Å². The van der Waals surface area contributed by atoms with Crippen LogP contribution >= 0.6 is 0 Å². The van der Waals surface area contributed by atoms with Gasteiger partial charge in [-0.25, -0.2) is 9.37 Å². The van der Waals surface area contributed by atoms with Crippen molar-refractivity contribution in [2.45, 2.75) is 45.6 Å². The lowest BCUT2D eigenvalue weighted by Crippen LogP contribution is -2.39. The van der Waals surface area contributed by atoms with Crippen LogP contribution < -0.4 is 5.56 Å². The fourth-order valence-electron chi connectivity index (χ4n) is 3.41. The summed E-state index contributed by atoms with van der Waals surface area (Å²) in [6, 6.07) is 6.52. The van der Waals surface area contributed by atoms with E-state index >= 15 is 0 Å². The SMILES string of the molecule is Cc1ncn(CC(=O)N2CCCCC(c3ccc(F)cc3)C2)c(=O)c1C. The molecule has 0 spiro atoms. The minimum Gasteiger partial charge on any atom is -0.341 e. The molecule has 26 heavy (non-hydrogen) atoms. The van der Waals surface area contributed by atoms with Crippen molar-refractivity contribution in [3.8, 4) is 0 Å². The molecule has 0 saturated carbocycles. The van der Waals surface area contributed by atoms with E-state index in [0.29, 0.717) is 24.3 Å². The van der Waals surface area contributed by atoms with Crippen LogP contribution in [0.25, 0.3) is 0 Å². The van der Waals surface area contributed by atoms with Crippen molar-refractivity contribution >= 4 is 5.91 Å². The van der Waals surface area contributed by atoms with Crippen LogP contribution in [0.2, 0.25) is 0 Å². The normalized spacial score (nSPS) is 17.8. The van der Waals surface area contributed by atoms with Gasteiger partial charge >= 0.3 is 0 Å². The average molecular weight is 357 g/mol. The fourth-order valence-corrected chi connectivity index (χ4v) is 3.41. The van der Waals surface area contributed by atoms with Crippen molar-refractivity contribution in [1.29, 1.82) is 0 Å². The molecule has 1 saturated heterocycles. The van der Waals surface area contributed by atoms with Gasteiger partial charge in [-0.1, -0.05) is 18.6 Å². The van der Waals surface area contributed by atoms with E-state index in [0.717, 1.165) is 24.8 Å². The second kappa shape index (κ2) is 7.81. The van der Waals surface area contributed by atoms with Gasteiger partial charge in [0.25, 0.3) is 5.56 Å². The van der Waals surface area contributed by atoms with Crippen LogP contribution in [0, 0.1) is 19.7 Å². The van der Waals surface area contributed by atoms with Crippen LogP contribution in [0.1, 0.15) is 42.0 Å². The van der Waals surface area contributed by atoms with Gasteiger partial charge in [-0.05, 0) is 44.4 Å². The van der Waals surface area contributed by atoms with Gasteiger partial charge in [-0.15, -0.1) is 0 Å². The highest BCUT2D eigenvalue weighted by Crippen LogP contribution is 2.26. The Labute approximate surface area is 152 Å². The summed E-state index contributed by atoms with van der Waals surface area (Å²) >= 11 is 0. The predicted molar refractivity (Wildman–Crippen MR) is 97.5 cm³/mol. The van der Waals surface area contributed by atoms with Crippen LogP contribution in [-0.2, 0) is 11.3 Å². The number of amides is 1. The molecule has 6 heteroatoms. The van der Waals surface area contributed by atoms with Crippen molar-refractivity contribution in [2.24, 2.45) is 0 Å². The van der Waals surface area contributed by atoms with Crippen molar-refractivity contribution in [3.63, 3.8) is 0 Å². The molecule has 0 radical (unpaired) electrons. The molecule has 1 aliphatic rings. The van der Waals surface area contributed by atoms with Crippen molar-refractivity contribution in [3.05, 3.63) is 63.6 Å². The number of aromatic nitrogens is 2. The molecule has 0 N–H and O–H groups in total. The number of nitrogens with zero attached hydrogens (tertiary/aromatic N) is 3. The van der Waals surface area contributed by atoms with Gasteiger partial charge in [0.1, 0.15) is 12.4 Å². The van der Waals surface area contributed by atoms with Crippen molar-refractivity contribution in [1.82, 2.24) is 14.5 Å². The maximum Gasteiger partial charge on any atom is 0.256 e. The average Bonchev–Trinajstić information content (AvgIpc) is 2.89. The Kier molecular flexibility index (Phi) is 5.49. The molecule has 1 aliphatic heterocycles. The van der Waals surface area contributed by atoms with E-state index in [1.54, 1.807) is 26.0 Å². The number of hydrogen-bond acceptors (Lipinski definition) is 3. The summed E-state index contributed by atoms with van der Waals surface area (Å²) in [7, 11) is 0. The fraction of sp³-hybridized carbons (Fsp3) is 0.450. The third kappa shape index (κ3) is 4.00. The summed E-state index contributed by atoms with van der Waals surface area (Å²) in [5, 5.41) is 0. The number of carbonyl (C=O) groups excluding carboxylic acids is 1. The third-order valence-corrected chi connectivity index (χ3v) is 5.19. The molecule has 5 nitrogen and oxygen atoms in total. The van der Waals surface area contributed by atoms with Gasteiger partial charge in [-0.3, -0.25) is 14.2 Å². The minimum absolute atomic E-state index is 0.00307. The van der Waals surface area contributed by atoms with E-state index < -0.39 is 0 Å². The summed E-state index contributed by atoms with van der Waals surface area (Å²) in [6.45, 7) is 4.79. The molecule has 138 valence electrons. The summed E-state index contributed by atoms with van der Waals surface area (Å²) < 4.78 is 14.6. The number of aryl methyl sites for hydroxylation is 1. The predicted octanol–water partition coefficient (Wildman–Crippen LogP) is 2.80. The van der Waals surface area contributed by atoms with Crippen molar-refractivity contribution < 1.29 is 9.18 Å². The lowest BCUT2D eigenvalue weighted by atomic mass is 9.94. The van der Waals surface area contributed by atoms with E-state index in [9.17, 15) is 14.0 Å². The Hall–Kier alpha value is -2.50. The highest BCUT2D eigenvalue weighted by Gasteiger charge is 2.23. The monoisotopic (exact) mass is 357 g/mol. The first-order valence-corrected chi connectivity index (χ1v) is 9.01. The number of halogens is 1. The third-order valence-electron chi connectivity index (χ3n) is 5.19. The first-order valence-electron chi connectivity index (χ1n) is 9.01. The quantitative estimate of drug-likeness (QED) is 0.849. The zero-order valence-corrected chi connectivity index (χ0v) is 15.2. The zero-order chi connectivity index (χ0) is 18.7. The molecular weight excluding hydrogens is 333 g/mol. The Morgan fingerprint density at radius 2 is 1.96 bits per heavy atom. The number of hydrogen-bond donors (Lipinski definition) is 0. The molecule has 1 aromatic carbocycles. The van der Waals surface area contributed by atoms with Crippen LogP contribution in [0.3, 0.4) is 0 Å². The maximum absolute atomic E-state index is 13.2. The van der Waals surface area contributed by atoms with Crippen molar-refractivity contribution in [2.75, 3.05) is 13.1 Å². The number of benzene rings is 1. The highest BCUT2D eigenvalue weighted by molar-refractivity contribution is 5.76. The van der Waals surface area contributed by atoms with E-state index in [4.69, 9.17) is 0 Å². The number of carbonyl (C=O) groups is 1. The van der Waals surface area contributed by atoms with E-state index in [2.05, 4.69) is 4.98 Å². The molecule has 0 bridgehead atoms. The molecule has 1 atom stereocenters. The molecule has 1 unspecified atom stereocenters. The Bertz CT molecular complexity index is 845. The second-order valence-corrected chi connectivity index (χ2v) is 6.97. The van der Waals surface area contributed by atoms with Gasteiger partial charge in [-0.2, -0.15) is 0 Å². The summed E-state index contributed by atoms with van der Waals surface area (Å²) in [6.07, 6.45) is 4.37. The van der Waals surface area contributed by atoms with Crippen LogP contribution in [-0.4, -0.2) is 33.4 Å². The topological polar surface area (TPSA) is 55.2 Å². The van der Waals surface area contributed by atoms with E-state index in [-0.39, 0.29) is 29.7 Å². The standard InChI is InChI=1S/C20H24FN3O2/c1-14-15(2)22-13-24(20(14)26)12-19(25)23-10-4-3-5-17(11-23)16-6-8-18(21)9-7-16/h6-9,13,17H,3-5,10-12H2,1-2H3. The van der Waals surface area contributed by atoms with Crippen LogP contribution in [0.15, 0.2) is 35.4 Å². The summed E-state index contributed by atoms with van der Waals surface area (Å²) in [5.74, 6) is -0.139. The molecule has 0 aliphatic carbocycles. The molecule has 3 rings (SSSR count). The second-order valence-electron chi connectivity index (χ2n) is 6.97. The molecule has 1 aromatic heterocycles. The molecule has 2 aromatic rings. The minimum atomic E-state index is -0.253. The molecule has 1 amide bonds. The largest absolute Gasteiger partial charge is 0.341 e. The first-order chi connectivity index (χ1) is 12.5. The summed E-state index contributed by atoms with van der Waals surface area (Å²) in [5.41, 5.74) is 2.14. The lowest BCUT2D eigenvalue weighted by molar-refractivity contribution is -0.132. The Morgan fingerprint density at radius 3 is 2.69 bits per heavy atom. The van der Waals surface area contributed by atoms with E-state index in [1.807, 2.05) is 4.90 Å².